The number of aryl methyl sites for hydroxylation is 1. The lowest BCUT2D eigenvalue weighted by Crippen LogP contribution is -2.53. The van der Waals surface area contributed by atoms with Crippen molar-refractivity contribution in [2.75, 3.05) is 20.6 Å². The van der Waals surface area contributed by atoms with Crippen molar-refractivity contribution in [1.29, 1.82) is 0 Å². The second kappa shape index (κ2) is 6.28. The van der Waals surface area contributed by atoms with Gasteiger partial charge in [0.05, 0.1) is 0 Å². The number of rotatable bonds is 4. The highest BCUT2D eigenvalue weighted by Gasteiger charge is 2.35. The molecule has 0 saturated heterocycles. The van der Waals surface area contributed by atoms with Gasteiger partial charge in [-0.2, -0.15) is 0 Å². The SMILES string of the molecule is CN(C)C1(CNC2CCc3cc(Cl)ccc32)CCCCC1. The van der Waals surface area contributed by atoms with Crippen LogP contribution in [0.15, 0.2) is 18.2 Å². The maximum absolute atomic E-state index is 6.11. The fourth-order valence-electron chi connectivity index (χ4n) is 4.10. The average molecular weight is 307 g/mol. The smallest absolute Gasteiger partial charge is 0.0408 e. The zero-order chi connectivity index (χ0) is 14.9. The molecule has 2 nitrogen and oxygen atoms in total. The summed E-state index contributed by atoms with van der Waals surface area (Å²) in [6, 6.07) is 6.89. The molecular weight excluding hydrogens is 280 g/mol. The summed E-state index contributed by atoms with van der Waals surface area (Å²) in [7, 11) is 4.49. The molecule has 21 heavy (non-hydrogen) atoms. The highest BCUT2D eigenvalue weighted by atomic mass is 35.5. The maximum atomic E-state index is 6.11. The van der Waals surface area contributed by atoms with Crippen molar-refractivity contribution in [3.8, 4) is 0 Å². The molecule has 1 aromatic rings. The highest BCUT2D eigenvalue weighted by molar-refractivity contribution is 6.30. The molecule has 0 amide bonds. The van der Waals surface area contributed by atoms with E-state index in [0.29, 0.717) is 11.6 Å². The van der Waals surface area contributed by atoms with Crippen LogP contribution in [-0.4, -0.2) is 31.1 Å². The first kappa shape index (κ1) is 15.3. The van der Waals surface area contributed by atoms with Crippen molar-refractivity contribution in [3.05, 3.63) is 34.3 Å². The molecule has 116 valence electrons. The minimum absolute atomic E-state index is 0.355. The predicted octanol–water partition coefficient (Wildman–Crippen LogP) is 4.18. The molecule has 0 aromatic heterocycles. The molecule has 1 atom stereocenters. The Balaban J connectivity index is 1.68. The van der Waals surface area contributed by atoms with Crippen LogP contribution in [0.3, 0.4) is 0 Å². The van der Waals surface area contributed by atoms with Crippen LogP contribution in [0.1, 0.15) is 55.7 Å². The molecule has 1 saturated carbocycles. The summed E-state index contributed by atoms with van der Waals surface area (Å²) in [5.74, 6) is 0. The van der Waals surface area contributed by atoms with Crippen molar-refractivity contribution >= 4 is 11.6 Å². The summed E-state index contributed by atoms with van der Waals surface area (Å²) in [4.78, 5) is 2.46. The van der Waals surface area contributed by atoms with Gasteiger partial charge in [0.25, 0.3) is 0 Å². The van der Waals surface area contributed by atoms with E-state index in [2.05, 4.69) is 36.4 Å². The van der Waals surface area contributed by atoms with Crippen LogP contribution in [-0.2, 0) is 6.42 Å². The van der Waals surface area contributed by atoms with Crippen LogP contribution in [0.5, 0.6) is 0 Å². The van der Waals surface area contributed by atoms with Gasteiger partial charge in [-0.05, 0) is 63.0 Å². The third-order valence-corrected chi connectivity index (χ3v) is 5.83. The molecule has 1 fully saturated rings. The topological polar surface area (TPSA) is 15.3 Å². The fourth-order valence-corrected chi connectivity index (χ4v) is 4.30. The number of nitrogens with one attached hydrogen (secondary N) is 1. The Morgan fingerprint density at radius 2 is 2.00 bits per heavy atom. The Labute approximate surface area is 133 Å². The molecule has 3 rings (SSSR count). The van der Waals surface area contributed by atoms with Crippen LogP contribution < -0.4 is 5.32 Å². The van der Waals surface area contributed by atoms with Gasteiger partial charge in [0.1, 0.15) is 0 Å². The zero-order valence-corrected chi connectivity index (χ0v) is 14.0. The number of halogens is 1. The Bertz CT molecular complexity index is 492. The lowest BCUT2D eigenvalue weighted by atomic mass is 9.80. The van der Waals surface area contributed by atoms with Crippen molar-refractivity contribution in [2.45, 2.75) is 56.5 Å². The van der Waals surface area contributed by atoms with Crippen LogP contribution in [0.2, 0.25) is 5.02 Å². The Morgan fingerprint density at radius 1 is 1.24 bits per heavy atom. The number of likely N-dealkylation sites (N-methyl/N-ethyl adjacent to an activating group) is 1. The first-order valence-corrected chi connectivity index (χ1v) is 8.68. The first-order valence-electron chi connectivity index (χ1n) is 8.30. The lowest BCUT2D eigenvalue weighted by Gasteiger charge is -2.44. The van der Waals surface area contributed by atoms with Crippen LogP contribution in [0, 0.1) is 0 Å². The van der Waals surface area contributed by atoms with Crippen molar-refractivity contribution in [3.63, 3.8) is 0 Å². The molecule has 2 aliphatic carbocycles. The molecule has 0 heterocycles. The van der Waals surface area contributed by atoms with E-state index in [-0.39, 0.29) is 0 Å². The van der Waals surface area contributed by atoms with E-state index < -0.39 is 0 Å². The van der Waals surface area contributed by atoms with E-state index in [1.807, 2.05) is 6.07 Å². The van der Waals surface area contributed by atoms with Crippen LogP contribution in [0.4, 0.5) is 0 Å². The van der Waals surface area contributed by atoms with Crippen LogP contribution in [0.25, 0.3) is 0 Å². The summed E-state index contributed by atoms with van der Waals surface area (Å²) in [6.45, 7) is 1.10. The Hall–Kier alpha value is -0.570. The summed E-state index contributed by atoms with van der Waals surface area (Å²) < 4.78 is 0. The first-order chi connectivity index (χ1) is 10.1. The number of nitrogens with zero attached hydrogens (tertiary/aromatic N) is 1. The molecule has 2 aliphatic rings. The van der Waals surface area contributed by atoms with Gasteiger partial charge in [-0.25, -0.2) is 0 Å². The summed E-state index contributed by atoms with van der Waals surface area (Å²) in [6.07, 6.45) is 9.16. The second-order valence-electron chi connectivity index (χ2n) is 6.99. The predicted molar refractivity (Wildman–Crippen MR) is 90.0 cm³/mol. The fraction of sp³-hybridized carbons (Fsp3) is 0.667. The monoisotopic (exact) mass is 306 g/mol. The molecule has 0 radical (unpaired) electrons. The zero-order valence-electron chi connectivity index (χ0n) is 13.3. The normalized spacial score (nSPS) is 24.3. The highest BCUT2D eigenvalue weighted by Crippen LogP contribution is 2.35. The van der Waals surface area contributed by atoms with Crippen molar-refractivity contribution in [2.24, 2.45) is 0 Å². The minimum Gasteiger partial charge on any atom is -0.308 e. The molecule has 1 unspecified atom stereocenters. The number of hydrogen-bond acceptors (Lipinski definition) is 2. The quantitative estimate of drug-likeness (QED) is 0.897. The van der Waals surface area contributed by atoms with Gasteiger partial charge in [-0.3, -0.25) is 0 Å². The molecule has 1 aromatic carbocycles. The maximum Gasteiger partial charge on any atom is 0.0408 e. The van der Waals surface area contributed by atoms with Crippen LogP contribution >= 0.6 is 11.6 Å². The summed E-state index contributed by atoms with van der Waals surface area (Å²) in [5, 5.41) is 4.73. The lowest BCUT2D eigenvalue weighted by molar-refractivity contribution is 0.0951. The minimum atomic E-state index is 0.355. The van der Waals surface area contributed by atoms with Gasteiger partial charge in [0.15, 0.2) is 0 Å². The average Bonchev–Trinajstić information content (AvgIpc) is 2.88. The van der Waals surface area contributed by atoms with Crippen molar-refractivity contribution in [1.82, 2.24) is 10.2 Å². The van der Waals surface area contributed by atoms with E-state index in [0.717, 1.165) is 18.0 Å². The van der Waals surface area contributed by atoms with Gasteiger partial charge >= 0.3 is 0 Å². The molecule has 0 spiro atoms. The van der Waals surface area contributed by atoms with Crippen molar-refractivity contribution < 1.29 is 0 Å². The third-order valence-electron chi connectivity index (χ3n) is 5.59. The van der Waals surface area contributed by atoms with Gasteiger partial charge in [-0.1, -0.05) is 36.9 Å². The molecular formula is C18H27ClN2. The molecule has 0 bridgehead atoms. The Kier molecular flexibility index (Phi) is 4.58. The van der Waals surface area contributed by atoms with E-state index in [9.17, 15) is 0 Å². The van der Waals surface area contributed by atoms with Gasteiger partial charge in [0.2, 0.25) is 0 Å². The number of benzene rings is 1. The molecule has 3 heteroatoms. The van der Waals surface area contributed by atoms with E-state index >= 15 is 0 Å². The standard InChI is InChI=1S/C18H27ClN2/c1-21(2)18(10-4-3-5-11-18)13-20-17-9-6-14-12-15(19)7-8-16(14)17/h7-8,12,17,20H,3-6,9-11,13H2,1-2H3. The van der Waals surface area contributed by atoms with E-state index in [1.165, 1.54) is 49.7 Å². The Morgan fingerprint density at radius 3 is 2.71 bits per heavy atom. The summed E-state index contributed by atoms with van der Waals surface area (Å²) >= 11 is 6.11. The van der Waals surface area contributed by atoms with E-state index in [4.69, 9.17) is 11.6 Å². The third kappa shape index (κ3) is 3.13. The number of hydrogen-bond donors (Lipinski definition) is 1. The molecule has 1 N–H and O–H groups in total. The summed E-state index contributed by atoms with van der Waals surface area (Å²) in [5.41, 5.74) is 3.25. The van der Waals surface area contributed by atoms with E-state index in [1.54, 1.807) is 0 Å². The largest absolute Gasteiger partial charge is 0.308 e. The van der Waals surface area contributed by atoms with Gasteiger partial charge < -0.3 is 10.2 Å². The molecule has 0 aliphatic heterocycles. The second-order valence-corrected chi connectivity index (χ2v) is 7.43. The van der Waals surface area contributed by atoms with Gasteiger partial charge in [0, 0.05) is 23.1 Å². The van der Waals surface area contributed by atoms with Gasteiger partial charge in [-0.15, -0.1) is 0 Å². The number of fused-ring (bicyclic) bond motifs is 1.